The molecular weight excluding hydrogens is 266 g/mol. The lowest BCUT2D eigenvalue weighted by molar-refractivity contribution is -0.116. The Morgan fingerprint density at radius 1 is 1.35 bits per heavy atom. The maximum Gasteiger partial charge on any atom is 0.387 e. The van der Waals surface area contributed by atoms with Crippen molar-refractivity contribution in [2.45, 2.75) is 32.8 Å². The Labute approximate surface area is 117 Å². The van der Waals surface area contributed by atoms with Crippen molar-refractivity contribution in [3.05, 3.63) is 24.3 Å². The molecule has 0 spiro atoms. The fourth-order valence-corrected chi connectivity index (χ4v) is 1.79. The van der Waals surface area contributed by atoms with Crippen LogP contribution >= 0.6 is 0 Å². The zero-order valence-electron chi connectivity index (χ0n) is 11.4. The van der Waals surface area contributed by atoms with E-state index in [2.05, 4.69) is 10.1 Å². The van der Waals surface area contributed by atoms with Gasteiger partial charge in [-0.15, -0.1) is 0 Å². The summed E-state index contributed by atoms with van der Waals surface area (Å²) >= 11 is 0. The van der Waals surface area contributed by atoms with Crippen LogP contribution in [0.5, 0.6) is 5.75 Å². The van der Waals surface area contributed by atoms with Gasteiger partial charge in [0, 0.05) is 6.42 Å². The molecule has 6 heteroatoms. The second kappa shape index (κ2) is 8.47. The van der Waals surface area contributed by atoms with Gasteiger partial charge in [-0.2, -0.15) is 8.78 Å². The minimum Gasteiger partial charge on any atom is -0.433 e. The molecule has 0 saturated heterocycles. The van der Waals surface area contributed by atoms with Gasteiger partial charge in [-0.3, -0.25) is 4.79 Å². The molecule has 1 atom stereocenters. The van der Waals surface area contributed by atoms with Gasteiger partial charge in [0.1, 0.15) is 5.75 Å². The number of hydrogen-bond donors (Lipinski definition) is 2. The Bertz CT molecular complexity index is 427. The van der Waals surface area contributed by atoms with E-state index < -0.39 is 6.61 Å². The molecule has 4 nitrogen and oxygen atoms in total. The summed E-state index contributed by atoms with van der Waals surface area (Å²) in [6.45, 7) is -0.306. The molecule has 0 aromatic heterocycles. The van der Waals surface area contributed by atoms with E-state index in [0.29, 0.717) is 25.3 Å². The molecular formula is C14H20F2N2O2. The summed E-state index contributed by atoms with van der Waals surface area (Å²) in [5.41, 5.74) is 5.69. The number of benzene rings is 1. The molecule has 3 N–H and O–H groups in total. The highest BCUT2D eigenvalue weighted by atomic mass is 19.3. The zero-order valence-corrected chi connectivity index (χ0v) is 11.4. The van der Waals surface area contributed by atoms with Crippen LogP contribution in [0.4, 0.5) is 14.5 Å². The Kier molecular flexibility index (Phi) is 6.93. The number of anilines is 1. The number of nitrogens with two attached hydrogens (primary N) is 1. The largest absolute Gasteiger partial charge is 0.433 e. The number of amides is 1. The number of alkyl halides is 2. The normalized spacial score (nSPS) is 12.2. The van der Waals surface area contributed by atoms with Crippen molar-refractivity contribution >= 4 is 11.6 Å². The van der Waals surface area contributed by atoms with Crippen LogP contribution in [0.2, 0.25) is 0 Å². The highest BCUT2D eigenvalue weighted by Gasteiger charge is 2.12. The van der Waals surface area contributed by atoms with Crippen molar-refractivity contribution in [3.63, 3.8) is 0 Å². The molecule has 1 amide bonds. The van der Waals surface area contributed by atoms with Gasteiger partial charge in [0.15, 0.2) is 0 Å². The second-order valence-corrected chi connectivity index (χ2v) is 4.64. The van der Waals surface area contributed by atoms with E-state index in [1.165, 1.54) is 12.1 Å². The fraction of sp³-hybridized carbons (Fsp3) is 0.500. The number of halogens is 2. The molecule has 0 aliphatic rings. The van der Waals surface area contributed by atoms with E-state index in [9.17, 15) is 13.6 Å². The maximum absolute atomic E-state index is 12.2. The van der Waals surface area contributed by atoms with Crippen LogP contribution in [-0.2, 0) is 4.79 Å². The van der Waals surface area contributed by atoms with Gasteiger partial charge < -0.3 is 15.8 Å². The van der Waals surface area contributed by atoms with Gasteiger partial charge >= 0.3 is 6.61 Å². The molecule has 0 radical (unpaired) electrons. The molecule has 1 unspecified atom stereocenters. The number of carbonyl (C=O) groups excluding carboxylic acids is 1. The van der Waals surface area contributed by atoms with Crippen molar-refractivity contribution in [3.8, 4) is 5.75 Å². The molecule has 0 aliphatic carbocycles. The van der Waals surface area contributed by atoms with Crippen LogP contribution in [0.3, 0.4) is 0 Å². The first kappa shape index (κ1) is 16.4. The minimum absolute atomic E-state index is 0.0362. The summed E-state index contributed by atoms with van der Waals surface area (Å²) in [6.07, 6.45) is 1.89. The van der Waals surface area contributed by atoms with E-state index in [1.54, 1.807) is 12.1 Å². The van der Waals surface area contributed by atoms with Gasteiger partial charge in [-0.25, -0.2) is 0 Å². The predicted octanol–water partition coefficient (Wildman–Crippen LogP) is 2.99. The smallest absolute Gasteiger partial charge is 0.387 e. The highest BCUT2D eigenvalue weighted by molar-refractivity contribution is 5.92. The number of nitrogens with one attached hydrogen (secondary N) is 1. The maximum atomic E-state index is 12.2. The van der Waals surface area contributed by atoms with Crippen molar-refractivity contribution in [2.75, 3.05) is 11.9 Å². The third kappa shape index (κ3) is 5.97. The summed E-state index contributed by atoms with van der Waals surface area (Å²) in [4.78, 5) is 11.8. The number of ether oxygens (including phenoxy) is 1. The van der Waals surface area contributed by atoms with Gasteiger partial charge in [-0.1, -0.05) is 19.1 Å². The van der Waals surface area contributed by atoms with Gasteiger partial charge in [-0.05, 0) is 37.4 Å². The van der Waals surface area contributed by atoms with Crippen molar-refractivity contribution in [1.29, 1.82) is 0 Å². The van der Waals surface area contributed by atoms with Crippen LogP contribution in [0, 0.1) is 5.92 Å². The Hall–Kier alpha value is -1.69. The first-order valence-corrected chi connectivity index (χ1v) is 6.56. The average molecular weight is 286 g/mol. The molecule has 1 rings (SSSR count). The molecule has 1 aromatic rings. The van der Waals surface area contributed by atoms with Gasteiger partial charge in [0.25, 0.3) is 0 Å². The molecule has 0 fully saturated rings. The van der Waals surface area contributed by atoms with Gasteiger partial charge in [0.05, 0.1) is 5.69 Å². The summed E-state index contributed by atoms with van der Waals surface area (Å²) in [7, 11) is 0. The quantitative estimate of drug-likeness (QED) is 0.772. The monoisotopic (exact) mass is 286 g/mol. The standard InChI is InChI=1S/C14H20F2N2O2/c1-10(8-9-17)6-7-13(19)18-11-4-2-3-5-12(11)20-14(15)16/h2-5,10,14H,6-9,17H2,1H3,(H,18,19). The van der Waals surface area contributed by atoms with Crippen LogP contribution in [0.1, 0.15) is 26.2 Å². The summed E-state index contributed by atoms with van der Waals surface area (Å²) in [5.74, 6) is 0.100. The lowest BCUT2D eigenvalue weighted by Crippen LogP contribution is -2.15. The Morgan fingerprint density at radius 3 is 2.70 bits per heavy atom. The van der Waals surface area contributed by atoms with Crippen molar-refractivity contribution < 1.29 is 18.3 Å². The van der Waals surface area contributed by atoms with E-state index in [-0.39, 0.29) is 17.3 Å². The SMILES string of the molecule is CC(CCN)CCC(=O)Nc1ccccc1OC(F)F. The second-order valence-electron chi connectivity index (χ2n) is 4.64. The zero-order chi connectivity index (χ0) is 15.0. The third-order valence-corrected chi connectivity index (χ3v) is 2.90. The Balaban J connectivity index is 2.53. The van der Waals surface area contributed by atoms with E-state index in [4.69, 9.17) is 5.73 Å². The first-order chi connectivity index (χ1) is 9.52. The number of carbonyl (C=O) groups is 1. The van der Waals surface area contributed by atoms with Crippen LogP contribution in [0.25, 0.3) is 0 Å². The molecule has 112 valence electrons. The highest BCUT2D eigenvalue weighted by Crippen LogP contribution is 2.25. The molecule has 1 aromatic carbocycles. The van der Waals surface area contributed by atoms with E-state index in [0.717, 1.165) is 6.42 Å². The molecule has 0 saturated carbocycles. The first-order valence-electron chi connectivity index (χ1n) is 6.56. The third-order valence-electron chi connectivity index (χ3n) is 2.90. The molecule has 0 bridgehead atoms. The molecule has 0 heterocycles. The number of rotatable bonds is 8. The molecule has 0 aliphatic heterocycles. The molecule has 20 heavy (non-hydrogen) atoms. The van der Waals surface area contributed by atoms with Crippen LogP contribution < -0.4 is 15.8 Å². The van der Waals surface area contributed by atoms with Crippen LogP contribution in [-0.4, -0.2) is 19.1 Å². The fourth-order valence-electron chi connectivity index (χ4n) is 1.79. The van der Waals surface area contributed by atoms with Crippen molar-refractivity contribution in [1.82, 2.24) is 0 Å². The Morgan fingerprint density at radius 2 is 2.05 bits per heavy atom. The minimum atomic E-state index is -2.92. The van der Waals surface area contributed by atoms with Gasteiger partial charge in [0.2, 0.25) is 5.91 Å². The lowest BCUT2D eigenvalue weighted by Gasteiger charge is -2.13. The summed E-state index contributed by atoms with van der Waals surface area (Å²) < 4.78 is 28.8. The average Bonchev–Trinajstić information content (AvgIpc) is 2.38. The van der Waals surface area contributed by atoms with E-state index >= 15 is 0 Å². The number of hydrogen-bond acceptors (Lipinski definition) is 3. The summed E-state index contributed by atoms with van der Waals surface area (Å²) in [6, 6.07) is 6.12. The lowest BCUT2D eigenvalue weighted by atomic mass is 10.0. The van der Waals surface area contributed by atoms with E-state index in [1.807, 2.05) is 6.92 Å². The topological polar surface area (TPSA) is 64.4 Å². The van der Waals surface area contributed by atoms with Crippen LogP contribution in [0.15, 0.2) is 24.3 Å². The summed E-state index contributed by atoms with van der Waals surface area (Å²) in [5, 5.41) is 2.58. The van der Waals surface area contributed by atoms with Crippen molar-refractivity contribution in [2.24, 2.45) is 11.7 Å². The number of para-hydroxylation sites is 2. The predicted molar refractivity (Wildman–Crippen MR) is 73.8 cm³/mol.